The highest BCUT2D eigenvalue weighted by molar-refractivity contribution is 6.00. The minimum atomic E-state index is -0.204. The predicted octanol–water partition coefficient (Wildman–Crippen LogP) is 2.85. The summed E-state index contributed by atoms with van der Waals surface area (Å²) in [7, 11) is 0. The first-order valence-corrected chi connectivity index (χ1v) is 8.83. The number of rotatable bonds is 4. The van der Waals surface area contributed by atoms with E-state index in [0.29, 0.717) is 13.0 Å². The first-order chi connectivity index (χ1) is 12.3. The number of nitrogens with one attached hydrogen (secondary N) is 3. The Balaban J connectivity index is 1.34. The van der Waals surface area contributed by atoms with E-state index in [1.165, 1.54) is 19.3 Å². The van der Waals surface area contributed by atoms with E-state index in [9.17, 15) is 4.79 Å². The van der Waals surface area contributed by atoms with Gasteiger partial charge in [0.2, 0.25) is 0 Å². The fraction of sp³-hybridized carbons (Fsp3) is 0.389. The van der Waals surface area contributed by atoms with Crippen molar-refractivity contribution >= 4 is 22.6 Å². The molecule has 3 aromatic rings. The minimum Gasteiger partial charge on any atom is -0.361 e. The number of carbonyl (C=O) groups excluding carboxylic acids is 1. The number of aryl methyl sites for hydroxylation is 1. The second-order valence-corrected chi connectivity index (χ2v) is 6.37. The molecular weight excluding hydrogens is 316 g/mol. The number of benzene rings is 1. The van der Waals surface area contributed by atoms with Gasteiger partial charge in [0.25, 0.3) is 0 Å². The topological polar surface area (TPSA) is 87.6 Å². The molecule has 2 aromatic heterocycles. The van der Waals surface area contributed by atoms with Crippen molar-refractivity contribution < 1.29 is 4.79 Å². The first kappa shape index (κ1) is 15.7. The maximum Gasteiger partial charge on any atom is 0.319 e. The molecule has 0 aliphatic carbocycles. The number of aromatic nitrogens is 4. The molecule has 0 radical (unpaired) electrons. The molecule has 1 aliphatic heterocycles. The minimum absolute atomic E-state index is 0.204. The molecular formula is C18H22N6O. The number of anilines is 1. The van der Waals surface area contributed by atoms with Crippen LogP contribution in [0.4, 0.5) is 10.5 Å². The number of fused-ring (bicyclic) bond motifs is 2. The lowest BCUT2D eigenvalue weighted by Crippen LogP contribution is -2.31. The predicted molar refractivity (Wildman–Crippen MR) is 96.6 cm³/mol. The zero-order chi connectivity index (χ0) is 17.1. The molecule has 4 rings (SSSR count). The Morgan fingerprint density at radius 3 is 3.12 bits per heavy atom. The van der Waals surface area contributed by atoms with Crippen LogP contribution < -0.4 is 10.6 Å². The molecule has 1 aliphatic rings. The lowest BCUT2D eigenvalue weighted by molar-refractivity contribution is 0.252. The average molecular weight is 338 g/mol. The molecule has 0 saturated carbocycles. The summed E-state index contributed by atoms with van der Waals surface area (Å²) in [5.74, 6) is 2.04. The van der Waals surface area contributed by atoms with Crippen molar-refractivity contribution in [1.29, 1.82) is 0 Å². The Morgan fingerprint density at radius 2 is 2.16 bits per heavy atom. The molecule has 0 unspecified atom stereocenters. The molecule has 1 aromatic carbocycles. The summed E-state index contributed by atoms with van der Waals surface area (Å²) in [6, 6.07) is 7.55. The quantitative estimate of drug-likeness (QED) is 0.683. The van der Waals surface area contributed by atoms with Crippen LogP contribution in [0.5, 0.6) is 0 Å². The van der Waals surface area contributed by atoms with Crippen molar-refractivity contribution in [2.75, 3.05) is 11.9 Å². The number of hydrogen-bond acceptors (Lipinski definition) is 3. The lowest BCUT2D eigenvalue weighted by Gasteiger charge is -2.10. The summed E-state index contributed by atoms with van der Waals surface area (Å²) in [5, 5.41) is 15.4. The van der Waals surface area contributed by atoms with Crippen LogP contribution in [-0.2, 0) is 19.4 Å². The first-order valence-electron chi connectivity index (χ1n) is 8.83. The molecule has 2 amide bonds. The molecule has 0 atom stereocenters. The van der Waals surface area contributed by atoms with Crippen LogP contribution >= 0.6 is 0 Å². The summed E-state index contributed by atoms with van der Waals surface area (Å²) in [5.41, 5.74) is 1.80. The van der Waals surface area contributed by atoms with Gasteiger partial charge in [-0.3, -0.25) is 0 Å². The van der Waals surface area contributed by atoms with E-state index in [4.69, 9.17) is 0 Å². The Hall–Kier alpha value is -2.83. The summed E-state index contributed by atoms with van der Waals surface area (Å²) < 4.78 is 2.22. The highest BCUT2D eigenvalue weighted by Gasteiger charge is 2.14. The van der Waals surface area contributed by atoms with E-state index in [1.807, 2.05) is 30.5 Å². The van der Waals surface area contributed by atoms with Crippen molar-refractivity contribution in [3.8, 4) is 0 Å². The number of amides is 2. The van der Waals surface area contributed by atoms with Gasteiger partial charge >= 0.3 is 6.03 Å². The van der Waals surface area contributed by atoms with Crippen molar-refractivity contribution in [1.82, 2.24) is 25.1 Å². The molecule has 3 heterocycles. The van der Waals surface area contributed by atoms with Gasteiger partial charge < -0.3 is 20.2 Å². The number of H-pyrrole nitrogens is 1. The molecule has 3 N–H and O–H groups in total. The lowest BCUT2D eigenvalue weighted by atomic mass is 10.2. The monoisotopic (exact) mass is 338 g/mol. The summed E-state index contributed by atoms with van der Waals surface area (Å²) in [6.07, 6.45) is 7.16. The molecule has 130 valence electrons. The molecule has 0 spiro atoms. The number of hydrogen-bond donors (Lipinski definition) is 3. The van der Waals surface area contributed by atoms with E-state index in [-0.39, 0.29) is 6.03 Å². The summed E-state index contributed by atoms with van der Waals surface area (Å²) in [6.45, 7) is 1.52. The van der Waals surface area contributed by atoms with Gasteiger partial charge in [0, 0.05) is 43.0 Å². The van der Waals surface area contributed by atoms with Crippen LogP contribution in [0.2, 0.25) is 0 Å². The number of urea groups is 1. The van der Waals surface area contributed by atoms with Crippen LogP contribution in [0.3, 0.4) is 0 Å². The Kier molecular flexibility index (Phi) is 4.37. The van der Waals surface area contributed by atoms with Gasteiger partial charge in [-0.05, 0) is 31.0 Å². The van der Waals surface area contributed by atoms with E-state index in [0.717, 1.165) is 41.2 Å². The standard InChI is InChI=1S/C18H22N6O/c25-18(21-15-6-4-5-14-13(15)8-10-19-14)20-11-9-17-23-22-16-7-2-1-3-12-24(16)17/h4-6,8,10,19H,1-3,7,9,11-12H2,(H2,20,21,25). The van der Waals surface area contributed by atoms with E-state index < -0.39 is 0 Å². The maximum absolute atomic E-state index is 12.2. The number of carbonyl (C=O) groups is 1. The molecule has 25 heavy (non-hydrogen) atoms. The third kappa shape index (κ3) is 3.35. The molecule has 0 bridgehead atoms. The summed E-state index contributed by atoms with van der Waals surface area (Å²) >= 11 is 0. The second-order valence-electron chi connectivity index (χ2n) is 6.37. The van der Waals surface area contributed by atoms with Crippen LogP contribution in [-0.4, -0.2) is 32.3 Å². The normalized spacial score (nSPS) is 14.1. The SMILES string of the molecule is O=C(NCCc1nnc2n1CCCCC2)Nc1cccc2[nH]ccc12. The van der Waals surface area contributed by atoms with Gasteiger partial charge in [-0.15, -0.1) is 10.2 Å². The van der Waals surface area contributed by atoms with Gasteiger partial charge in [0.1, 0.15) is 11.6 Å². The second kappa shape index (κ2) is 6.96. The zero-order valence-electron chi connectivity index (χ0n) is 14.1. The Morgan fingerprint density at radius 1 is 1.20 bits per heavy atom. The van der Waals surface area contributed by atoms with Crippen molar-refractivity contribution in [2.24, 2.45) is 0 Å². The van der Waals surface area contributed by atoms with E-state index in [2.05, 4.69) is 30.4 Å². The molecule has 0 saturated heterocycles. The third-order valence-electron chi connectivity index (χ3n) is 4.66. The third-order valence-corrected chi connectivity index (χ3v) is 4.66. The van der Waals surface area contributed by atoms with E-state index >= 15 is 0 Å². The zero-order valence-corrected chi connectivity index (χ0v) is 14.1. The highest BCUT2D eigenvalue weighted by Crippen LogP contribution is 2.21. The molecule has 0 fully saturated rings. The van der Waals surface area contributed by atoms with Crippen LogP contribution in [0, 0.1) is 0 Å². The smallest absolute Gasteiger partial charge is 0.319 e. The van der Waals surface area contributed by atoms with Gasteiger partial charge in [-0.25, -0.2) is 4.79 Å². The van der Waals surface area contributed by atoms with Crippen LogP contribution in [0.1, 0.15) is 30.9 Å². The van der Waals surface area contributed by atoms with Crippen molar-refractivity contribution in [3.63, 3.8) is 0 Å². The average Bonchev–Trinajstić information content (AvgIpc) is 3.17. The number of nitrogens with zero attached hydrogens (tertiary/aromatic N) is 3. The van der Waals surface area contributed by atoms with Crippen LogP contribution in [0.15, 0.2) is 30.5 Å². The fourth-order valence-electron chi connectivity index (χ4n) is 3.38. The fourth-order valence-corrected chi connectivity index (χ4v) is 3.38. The van der Waals surface area contributed by atoms with Gasteiger partial charge in [0.15, 0.2) is 0 Å². The van der Waals surface area contributed by atoms with Gasteiger partial charge in [-0.1, -0.05) is 12.5 Å². The highest BCUT2D eigenvalue weighted by atomic mass is 16.2. The Bertz CT molecular complexity index is 881. The Labute approximate surface area is 145 Å². The summed E-state index contributed by atoms with van der Waals surface area (Å²) in [4.78, 5) is 15.3. The molecule has 7 heteroatoms. The van der Waals surface area contributed by atoms with E-state index in [1.54, 1.807) is 0 Å². The largest absolute Gasteiger partial charge is 0.361 e. The van der Waals surface area contributed by atoms with Gasteiger partial charge in [0.05, 0.1) is 5.69 Å². The van der Waals surface area contributed by atoms with Crippen molar-refractivity contribution in [2.45, 2.75) is 38.6 Å². The van der Waals surface area contributed by atoms with Crippen molar-refractivity contribution in [3.05, 3.63) is 42.1 Å². The van der Waals surface area contributed by atoms with Gasteiger partial charge in [-0.2, -0.15) is 0 Å². The number of aromatic amines is 1. The van der Waals surface area contributed by atoms with Crippen LogP contribution in [0.25, 0.3) is 10.9 Å². The maximum atomic E-state index is 12.2. The molecule has 7 nitrogen and oxygen atoms in total.